The van der Waals surface area contributed by atoms with Crippen molar-refractivity contribution in [2.24, 2.45) is 17.8 Å². The number of carbonyl (C=O) groups is 1. The molecule has 0 unspecified atom stereocenters. The van der Waals surface area contributed by atoms with Gasteiger partial charge < -0.3 is 4.90 Å². The second-order valence-corrected chi connectivity index (χ2v) is 9.68. The van der Waals surface area contributed by atoms with Gasteiger partial charge in [-0.3, -0.25) is 4.79 Å². The molecule has 0 spiro atoms. The van der Waals surface area contributed by atoms with Crippen LogP contribution in [0.4, 0.5) is 0 Å². The Morgan fingerprint density at radius 2 is 1.88 bits per heavy atom. The zero-order chi connectivity index (χ0) is 17.5. The Hall–Kier alpha value is -1.36. The van der Waals surface area contributed by atoms with Crippen molar-refractivity contribution in [3.63, 3.8) is 0 Å². The van der Waals surface area contributed by atoms with Gasteiger partial charge in [-0.2, -0.15) is 0 Å². The second kappa shape index (κ2) is 6.51. The van der Waals surface area contributed by atoms with Gasteiger partial charge in [0.15, 0.2) is 9.84 Å². The van der Waals surface area contributed by atoms with E-state index in [0.717, 1.165) is 17.4 Å². The van der Waals surface area contributed by atoms with Crippen molar-refractivity contribution in [3.8, 4) is 0 Å². The normalized spacial score (nSPS) is 27.2. The zero-order valence-corrected chi connectivity index (χ0v) is 15.6. The van der Waals surface area contributed by atoms with Crippen LogP contribution < -0.4 is 0 Å². The molecule has 4 nitrogen and oxygen atoms in total. The molecule has 5 heteroatoms. The fraction of sp³-hybridized carbons (Fsp3) is 0.632. The Morgan fingerprint density at radius 1 is 1.21 bits per heavy atom. The molecule has 0 N–H and O–H groups in total. The Bertz CT molecular complexity index is 711. The predicted octanol–water partition coefficient (Wildman–Crippen LogP) is 3.44. The highest BCUT2D eigenvalue weighted by atomic mass is 32.2. The van der Waals surface area contributed by atoms with Gasteiger partial charge in [0, 0.05) is 19.7 Å². The van der Waals surface area contributed by atoms with E-state index in [4.69, 9.17) is 0 Å². The average molecular weight is 349 g/mol. The largest absolute Gasteiger partial charge is 0.339 e. The highest BCUT2D eigenvalue weighted by Gasteiger charge is 2.40. The van der Waals surface area contributed by atoms with Crippen LogP contribution in [0.5, 0.6) is 0 Å². The average Bonchev–Trinajstić information content (AvgIpc) is 3.15. The van der Waals surface area contributed by atoms with Gasteiger partial charge in [-0.15, -0.1) is 0 Å². The molecule has 0 radical (unpaired) electrons. The first-order valence-electron chi connectivity index (χ1n) is 8.81. The summed E-state index contributed by atoms with van der Waals surface area (Å²) in [5, 5.41) is 0. The van der Waals surface area contributed by atoms with E-state index in [2.05, 4.69) is 0 Å². The number of fused-ring (bicyclic) bond motifs is 2. The molecule has 3 rings (SSSR count). The summed E-state index contributed by atoms with van der Waals surface area (Å²) in [6, 6.07) is 6.81. The van der Waals surface area contributed by atoms with Crippen LogP contribution in [0.15, 0.2) is 29.2 Å². The number of sulfone groups is 1. The first-order valence-corrected chi connectivity index (χ1v) is 10.7. The topological polar surface area (TPSA) is 54.5 Å². The number of benzene rings is 1. The minimum absolute atomic E-state index is 0.0512. The highest BCUT2D eigenvalue weighted by molar-refractivity contribution is 7.90. The molecular weight excluding hydrogens is 322 g/mol. The van der Waals surface area contributed by atoms with E-state index in [1.165, 1.54) is 31.9 Å². The Morgan fingerprint density at radius 3 is 2.38 bits per heavy atom. The van der Waals surface area contributed by atoms with Gasteiger partial charge >= 0.3 is 0 Å². The smallest absolute Gasteiger partial charge is 0.223 e. The van der Waals surface area contributed by atoms with E-state index >= 15 is 0 Å². The summed E-state index contributed by atoms with van der Waals surface area (Å²) < 4.78 is 23.1. The van der Waals surface area contributed by atoms with E-state index in [1.807, 2.05) is 26.1 Å². The Kier molecular flexibility index (Phi) is 4.73. The number of hydrogen-bond acceptors (Lipinski definition) is 3. The molecule has 4 atom stereocenters. The third kappa shape index (κ3) is 3.51. The minimum Gasteiger partial charge on any atom is -0.339 e. The molecular formula is C19H27NO3S. The van der Waals surface area contributed by atoms with Crippen molar-refractivity contribution >= 4 is 15.7 Å². The van der Waals surface area contributed by atoms with E-state index in [-0.39, 0.29) is 11.9 Å². The van der Waals surface area contributed by atoms with Gasteiger partial charge in [-0.05, 0) is 61.6 Å². The van der Waals surface area contributed by atoms with Crippen molar-refractivity contribution in [2.45, 2.75) is 50.0 Å². The molecule has 24 heavy (non-hydrogen) atoms. The molecule has 132 valence electrons. The van der Waals surface area contributed by atoms with Gasteiger partial charge in [-0.25, -0.2) is 8.42 Å². The van der Waals surface area contributed by atoms with Crippen molar-refractivity contribution in [1.82, 2.24) is 4.90 Å². The predicted molar refractivity (Wildman–Crippen MR) is 94.3 cm³/mol. The van der Waals surface area contributed by atoms with Crippen molar-refractivity contribution in [2.75, 3.05) is 13.3 Å². The lowest BCUT2D eigenvalue weighted by Gasteiger charge is -2.29. The van der Waals surface area contributed by atoms with E-state index in [1.54, 1.807) is 17.0 Å². The minimum atomic E-state index is -3.18. The van der Waals surface area contributed by atoms with Crippen LogP contribution in [0.3, 0.4) is 0 Å². The van der Waals surface area contributed by atoms with Crippen molar-refractivity contribution < 1.29 is 13.2 Å². The van der Waals surface area contributed by atoms with Gasteiger partial charge in [0.1, 0.15) is 0 Å². The van der Waals surface area contributed by atoms with E-state index in [9.17, 15) is 13.2 Å². The first kappa shape index (κ1) is 17.5. The first-order chi connectivity index (χ1) is 11.3. The Labute approximate surface area is 145 Å². The molecule has 2 aliphatic rings. The summed E-state index contributed by atoms with van der Waals surface area (Å²) in [5.41, 5.74) is 0.964. The molecule has 0 heterocycles. The van der Waals surface area contributed by atoms with Crippen LogP contribution in [0.2, 0.25) is 0 Å². The zero-order valence-electron chi connectivity index (χ0n) is 14.7. The third-order valence-electron chi connectivity index (χ3n) is 6.09. The molecule has 1 aromatic rings. The maximum Gasteiger partial charge on any atom is 0.223 e. The van der Waals surface area contributed by atoms with Crippen LogP contribution in [0.1, 0.15) is 50.6 Å². The molecule has 1 amide bonds. The number of carbonyl (C=O) groups excluding carboxylic acids is 1. The van der Waals surface area contributed by atoms with Crippen LogP contribution in [0.25, 0.3) is 0 Å². The van der Waals surface area contributed by atoms with Crippen LogP contribution in [-0.4, -0.2) is 32.5 Å². The third-order valence-corrected chi connectivity index (χ3v) is 7.21. The van der Waals surface area contributed by atoms with E-state index < -0.39 is 9.84 Å². The molecule has 0 aliphatic heterocycles. The lowest BCUT2D eigenvalue weighted by atomic mass is 9.86. The highest BCUT2D eigenvalue weighted by Crippen LogP contribution is 2.49. The van der Waals surface area contributed by atoms with Crippen molar-refractivity contribution in [1.29, 1.82) is 0 Å². The van der Waals surface area contributed by atoms with Crippen LogP contribution >= 0.6 is 0 Å². The maximum atomic E-state index is 12.6. The van der Waals surface area contributed by atoms with Gasteiger partial charge in [-0.1, -0.05) is 18.6 Å². The monoisotopic (exact) mass is 349 g/mol. The molecule has 2 saturated carbocycles. The van der Waals surface area contributed by atoms with Crippen LogP contribution in [-0.2, 0) is 14.6 Å². The standard InChI is InChI=1S/C19H27NO3S/c1-13(15-6-8-18(9-7-15)24(3,22)23)20(2)19(21)12-17-11-14-4-5-16(17)10-14/h6-9,13-14,16-17H,4-5,10-12H2,1-3H3/t13-,14+,16+,17-/m1/s1. The molecule has 0 aromatic heterocycles. The number of nitrogens with zero attached hydrogens (tertiary/aromatic N) is 1. The molecule has 2 bridgehead atoms. The molecule has 2 aliphatic carbocycles. The van der Waals surface area contributed by atoms with Gasteiger partial charge in [0.2, 0.25) is 5.91 Å². The summed E-state index contributed by atoms with van der Waals surface area (Å²) in [6.45, 7) is 1.99. The number of amides is 1. The van der Waals surface area contributed by atoms with E-state index in [0.29, 0.717) is 17.2 Å². The fourth-order valence-corrected chi connectivity index (χ4v) is 5.06. The van der Waals surface area contributed by atoms with Gasteiger partial charge in [0.25, 0.3) is 0 Å². The second-order valence-electron chi connectivity index (χ2n) is 7.66. The SMILES string of the molecule is C[C@H](c1ccc(S(C)(=O)=O)cc1)N(C)C(=O)C[C@H]1C[C@H]2CC[C@H]1C2. The molecule has 0 saturated heterocycles. The summed E-state index contributed by atoms with van der Waals surface area (Å²) in [7, 11) is -1.33. The molecule has 2 fully saturated rings. The Balaban J connectivity index is 1.63. The lowest BCUT2D eigenvalue weighted by Crippen LogP contribution is -2.32. The maximum absolute atomic E-state index is 12.6. The van der Waals surface area contributed by atoms with Crippen LogP contribution in [0, 0.1) is 17.8 Å². The van der Waals surface area contributed by atoms with Gasteiger partial charge in [0.05, 0.1) is 10.9 Å². The fourth-order valence-electron chi connectivity index (χ4n) is 4.43. The summed E-state index contributed by atoms with van der Waals surface area (Å²) in [5.74, 6) is 2.39. The quantitative estimate of drug-likeness (QED) is 0.818. The summed E-state index contributed by atoms with van der Waals surface area (Å²) in [6.07, 6.45) is 7.06. The number of hydrogen-bond donors (Lipinski definition) is 0. The number of rotatable bonds is 5. The molecule has 1 aromatic carbocycles. The summed E-state index contributed by atoms with van der Waals surface area (Å²) >= 11 is 0. The summed E-state index contributed by atoms with van der Waals surface area (Å²) in [4.78, 5) is 14.8. The lowest BCUT2D eigenvalue weighted by molar-refractivity contribution is -0.133. The van der Waals surface area contributed by atoms with Crippen molar-refractivity contribution in [3.05, 3.63) is 29.8 Å².